The molecule has 2 aromatic rings. The molecule has 108 valence electrons. The molecular formula is C13H7ClFIN2O3. The van der Waals surface area contributed by atoms with Gasteiger partial charge in [0, 0.05) is 15.2 Å². The van der Waals surface area contributed by atoms with Crippen molar-refractivity contribution < 1.29 is 14.1 Å². The maximum Gasteiger partial charge on any atom is 0.272 e. The lowest BCUT2D eigenvalue weighted by Crippen LogP contribution is -2.13. The van der Waals surface area contributed by atoms with Gasteiger partial charge in [-0.25, -0.2) is 4.39 Å². The molecule has 0 unspecified atom stereocenters. The summed E-state index contributed by atoms with van der Waals surface area (Å²) in [4.78, 5) is 21.8. The molecule has 21 heavy (non-hydrogen) atoms. The number of non-ortho nitro benzene ring substituents is 1. The highest BCUT2D eigenvalue weighted by Gasteiger charge is 2.14. The molecule has 0 bridgehead atoms. The van der Waals surface area contributed by atoms with Crippen LogP contribution in [-0.2, 0) is 0 Å². The Hall–Kier alpha value is -1.74. The van der Waals surface area contributed by atoms with Crippen molar-refractivity contribution in [2.75, 3.05) is 5.32 Å². The monoisotopic (exact) mass is 420 g/mol. The van der Waals surface area contributed by atoms with Gasteiger partial charge in [0.15, 0.2) is 5.82 Å². The minimum Gasteiger partial charge on any atom is -0.319 e. The normalized spacial score (nSPS) is 10.2. The third-order valence-corrected chi connectivity index (χ3v) is 4.17. The van der Waals surface area contributed by atoms with Crippen molar-refractivity contribution in [3.05, 3.63) is 66.5 Å². The summed E-state index contributed by atoms with van der Waals surface area (Å²) in [6.45, 7) is 0. The van der Waals surface area contributed by atoms with Crippen molar-refractivity contribution in [1.82, 2.24) is 0 Å². The number of nitro benzene ring substituents is 1. The summed E-state index contributed by atoms with van der Waals surface area (Å²) >= 11 is 7.93. The van der Waals surface area contributed by atoms with E-state index in [0.717, 1.165) is 21.8 Å². The van der Waals surface area contributed by atoms with E-state index < -0.39 is 16.6 Å². The minimum absolute atomic E-state index is 0.139. The first-order chi connectivity index (χ1) is 9.88. The third kappa shape index (κ3) is 3.67. The average molecular weight is 421 g/mol. The van der Waals surface area contributed by atoms with E-state index in [-0.39, 0.29) is 16.9 Å². The van der Waals surface area contributed by atoms with Gasteiger partial charge < -0.3 is 5.32 Å². The molecule has 1 N–H and O–H groups in total. The summed E-state index contributed by atoms with van der Waals surface area (Å²) in [5.41, 5.74) is -0.263. The number of anilines is 1. The van der Waals surface area contributed by atoms with Crippen LogP contribution in [0.4, 0.5) is 15.8 Å². The minimum atomic E-state index is -0.880. The zero-order chi connectivity index (χ0) is 15.6. The molecule has 8 heteroatoms. The molecule has 0 radical (unpaired) electrons. The van der Waals surface area contributed by atoms with Gasteiger partial charge in [0.25, 0.3) is 11.6 Å². The number of hydrogen-bond acceptors (Lipinski definition) is 3. The first-order valence-electron chi connectivity index (χ1n) is 5.59. The van der Waals surface area contributed by atoms with Crippen LogP contribution >= 0.6 is 34.2 Å². The first-order valence-corrected chi connectivity index (χ1v) is 7.04. The second-order valence-corrected chi connectivity index (χ2v) is 5.57. The van der Waals surface area contributed by atoms with Gasteiger partial charge in [-0.15, -0.1) is 0 Å². The average Bonchev–Trinajstić information content (AvgIpc) is 2.43. The summed E-state index contributed by atoms with van der Waals surface area (Å²) < 4.78 is 14.5. The quantitative estimate of drug-likeness (QED) is 0.458. The number of nitrogens with zero attached hydrogens (tertiary/aromatic N) is 1. The van der Waals surface area contributed by atoms with Crippen LogP contribution in [0.5, 0.6) is 0 Å². The molecule has 2 rings (SSSR count). The highest BCUT2D eigenvalue weighted by Crippen LogP contribution is 2.23. The Kier molecular flexibility index (Phi) is 4.73. The van der Waals surface area contributed by atoms with E-state index in [9.17, 15) is 19.3 Å². The highest BCUT2D eigenvalue weighted by atomic mass is 127. The topological polar surface area (TPSA) is 72.2 Å². The van der Waals surface area contributed by atoms with Crippen LogP contribution in [0, 0.1) is 19.5 Å². The number of carbonyl (C=O) groups is 1. The summed E-state index contributed by atoms with van der Waals surface area (Å²) in [7, 11) is 0. The molecule has 0 saturated carbocycles. The van der Waals surface area contributed by atoms with E-state index in [1.165, 1.54) is 6.07 Å². The largest absolute Gasteiger partial charge is 0.319 e. The van der Waals surface area contributed by atoms with Crippen LogP contribution in [0.15, 0.2) is 36.4 Å². The van der Waals surface area contributed by atoms with Crippen molar-refractivity contribution >= 4 is 51.5 Å². The number of benzene rings is 2. The van der Waals surface area contributed by atoms with Crippen LogP contribution < -0.4 is 5.32 Å². The van der Waals surface area contributed by atoms with Crippen molar-refractivity contribution in [2.45, 2.75) is 0 Å². The van der Waals surface area contributed by atoms with E-state index in [2.05, 4.69) is 5.32 Å². The molecule has 2 aromatic carbocycles. The molecular weight excluding hydrogens is 414 g/mol. The molecule has 0 aliphatic carbocycles. The van der Waals surface area contributed by atoms with Gasteiger partial charge >= 0.3 is 0 Å². The van der Waals surface area contributed by atoms with Crippen LogP contribution in [0.3, 0.4) is 0 Å². The Bertz CT molecular complexity index is 739. The number of rotatable bonds is 3. The Morgan fingerprint density at radius 2 is 2.00 bits per heavy atom. The standard InChI is InChI=1S/C13H7ClFIN2O3/c14-9-5-7(1-3-11(9)16)13(19)17-12-4-2-8(18(20)21)6-10(12)15/h1-6H,(H,17,19). The van der Waals surface area contributed by atoms with Crippen LogP contribution in [0.2, 0.25) is 5.02 Å². The van der Waals surface area contributed by atoms with E-state index in [4.69, 9.17) is 11.6 Å². The number of nitrogens with one attached hydrogen (secondary N) is 1. The molecule has 1 amide bonds. The Balaban J connectivity index is 2.23. The van der Waals surface area contributed by atoms with Gasteiger partial charge in [-0.05, 0) is 46.9 Å². The molecule has 0 aromatic heterocycles. The van der Waals surface area contributed by atoms with E-state index in [0.29, 0.717) is 5.02 Å². The smallest absolute Gasteiger partial charge is 0.272 e. The fourth-order valence-electron chi connectivity index (χ4n) is 1.55. The third-order valence-electron chi connectivity index (χ3n) is 2.59. The van der Waals surface area contributed by atoms with Crippen molar-refractivity contribution in [3.8, 4) is 0 Å². The lowest BCUT2D eigenvalue weighted by Gasteiger charge is -2.07. The van der Waals surface area contributed by atoms with Crippen LogP contribution in [-0.4, -0.2) is 10.8 Å². The molecule has 0 saturated heterocycles. The number of nitro groups is 1. The van der Waals surface area contributed by atoms with Crippen LogP contribution in [0.25, 0.3) is 0 Å². The van der Waals surface area contributed by atoms with E-state index in [1.54, 1.807) is 12.1 Å². The Labute approximate surface area is 137 Å². The molecule has 0 heterocycles. The summed E-state index contributed by atoms with van der Waals surface area (Å²) in [5.74, 6) is -1.43. The van der Waals surface area contributed by atoms with E-state index in [1.807, 2.05) is 22.6 Å². The number of halogens is 3. The molecule has 0 aliphatic rings. The van der Waals surface area contributed by atoms with Gasteiger partial charge in [-0.3, -0.25) is 14.9 Å². The zero-order valence-corrected chi connectivity index (χ0v) is 13.2. The van der Waals surface area contributed by atoms with Crippen molar-refractivity contribution in [3.63, 3.8) is 0 Å². The molecule has 5 nitrogen and oxygen atoms in total. The second kappa shape index (κ2) is 6.35. The molecule has 0 fully saturated rings. The fraction of sp³-hybridized carbons (Fsp3) is 0. The maximum atomic E-state index is 13.7. The maximum absolute atomic E-state index is 13.7. The van der Waals surface area contributed by atoms with Gasteiger partial charge in [-0.2, -0.15) is 0 Å². The SMILES string of the molecule is O=C(Nc1ccc([N+](=O)[O-])cc1F)c1ccc(I)c(Cl)c1. The predicted molar refractivity (Wildman–Crippen MR) is 85.2 cm³/mol. The molecule has 0 aliphatic heterocycles. The van der Waals surface area contributed by atoms with Crippen molar-refractivity contribution in [2.24, 2.45) is 0 Å². The number of amides is 1. The first kappa shape index (κ1) is 15.6. The zero-order valence-electron chi connectivity index (χ0n) is 10.3. The summed E-state index contributed by atoms with van der Waals surface area (Å²) in [6.07, 6.45) is 0. The van der Waals surface area contributed by atoms with Gasteiger partial charge in [0.2, 0.25) is 0 Å². The second-order valence-electron chi connectivity index (χ2n) is 4.00. The number of carbonyl (C=O) groups excluding carboxylic acids is 1. The lowest BCUT2D eigenvalue weighted by molar-refractivity contribution is -0.385. The lowest BCUT2D eigenvalue weighted by atomic mass is 10.2. The van der Waals surface area contributed by atoms with Crippen molar-refractivity contribution in [1.29, 1.82) is 0 Å². The van der Waals surface area contributed by atoms with Gasteiger partial charge in [0.1, 0.15) is 0 Å². The Morgan fingerprint density at radius 3 is 2.57 bits per heavy atom. The molecule has 0 atom stereocenters. The van der Waals surface area contributed by atoms with E-state index >= 15 is 0 Å². The highest BCUT2D eigenvalue weighted by molar-refractivity contribution is 14.1. The number of hydrogen-bond donors (Lipinski definition) is 1. The fourth-order valence-corrected chi connectivity index (χ4v) is 2.07. The Morgan fingerprint density at radius 1 is 1.29 bits per heavy atom. The summed E-state index contributed by atoms with van der Waals surface area (Å²) in [5, 5.41) is 13.3. The molecule has 0 spiro atoms. The predicted octanol–water partition coefficient (Wildman–Crippen LogP) is 4.24. The summed E-state index contributed by atoms with van der Waals surface area (Å²) in [6, 6.07) is 7.66. The van der Waals surface area contributed by atoms with Crippen LogP contribution in [0.1, 0.15) is 10.4 Å². The van der Waals surface area contributed by atoms with Gasteiger partial charge in [0.05, 0.1) is 21.7 Å². The van der Waals surface area contributed by atoms with Gasteiger partial charge in [-0.1, -0.05) is 11.6 Å².